The lowest BCUT2D eigenvalue weighted by atomic mass is 10.2. The van der Waals surface area contributed by atoms with Gasteiger partial charge in [0.25, 0.3) is 4.93 Å². The number of aromatic amines is 1. The van der Waals surface area contributed by atoms with Crippen molar-refractivity contribution < 1.29 is 39.2 Å². The standard InChI is InChI=1S/C13H11ClN2O8S/c14-6-2-1-3-7-8(6)16-10(15-7)25-13(9(17)18,24-12(21)22)4-5-23-11(19)20/h1-3H,4-5H2,(H,15,16)(H,17,18)(H,19,20)(H,21,22). The van der Waals surface area contributed by atoms with E-state index in [0.717, 1.165) is 0 Å². The van der Waals surface area contributed by atoms with Gasteiger partial charge in [0.05, 0.1) is 10.5 Å². The van der Waals surface area contributed by atoms with Gasteiger partial charge in [0.2, 0.25) is 0 Å². The van der Waals surface area contributed by atoms with Gasteiger partial charge in [-0.1, -0.05) is 17.7 Å². The zero-order valence-corrected chi connectivity index (χ0v) is 13.8. The van der Waals surface area contributed by atoms with Crippen LogP contribution in [0.4, 0.5) is 9.59 Å². The summed E-state index contributed by atoms with van der Waals surface area (Å²) in [5.74, 6) is -1.64. The number of aliphatic carboxylic acids is 1. The maximum atomic E-state index is 11.6. The summed E-state index contributed by atoms with van der Waals surface area (Å²) in [5.41, 5.74) is 0.870. The van der Waals surface area contributed by atoms with Crippen LogP contribution in [0.15, 0.2) is 23.4 Å². The maximum Gasteiger partial charge on any atom is 0.507 e. The Morgan fingerprint density at radius 3 is 2.52 bits per heavy atom. The average molecular weight is 391 g/mol. The molecule has 0 aliphatic carbocycles. The normalized spacial score (nSPS) is 13.2. The second-order valence-electron chi connectivity index (χ2n) is 4.57. The van der Waals surface area contributed by atoms with Crippen molar-refractivity contribution in [2.75, 3.05) is 6.61 Å². The van der Waals surface area contributed by atoms with Gasteiger partial charge in [-0.15, -0.1) is 0 Å². The molecule has 2 aromatic rings. The van der Waals surface area contributed by atoms with Crippen molar-refractivity contribution in [2.45, 2.75) is 16.5 Å². The van der Waals surface area contributed by atoms with E-state index in [1.807, 2.05) is 0 Å². The number of hydrogen-bond acceptors (Lipinski definition) is 7. The van der Waals surface area contributed by atoms with E-state index < -0.39 is 36.2 Å². The molecule has 4 N–H and O–H groups in total. The van der Waals surface area contributed by atoms with Crippen molar-refractivity contribution in [3.8, 4) is 0 Å². The largest absolute Gasteiger partial charge is 0.507 e. The van der Waals surface area contributed by atoms with E-state index in [2.05, 4.69) is 19.4 Å². The molecule has 10 nitrogen and oxygen atoms in total. The zero-order chi connectivity index (χ0) is 18.6. The molecule has 12 heteroatoms. The number of carbonyl (C=O) groups is 3. The molecule has 1 atom stereocenters. The lowest BCUT2D eigenvalue weighted by molar-refractivity contribution is -0.152. The lowest BCUT2D eigenvalue weighted by Crippen LogP contribution is -2.41. The molecule has 1 aromatic carbocycles. The van der Waals surface area contributed by atoms with Gasteiger partial charge in [0.15, 0.2) is 5.16 Å². The monoisotopic (exact) mass is 390 g/mol. The van der Waals surface area contributed by atoms with Gasteiger partial charge in [0, 0.05) is 6.42 Å². The third-order valence-corrected chi connectivity index (χ3v) is 4.42. The summed E-state index contributed by atoms with van der Waals surface area (Å²) in [6.45, 7) is -0.594. The summed E-state index contributed by atoms with van der Waals surface area (Å²) < 4.78 is 8.79. The number of thioether (sulfide) groups is 1. The number of aromatic nitrogens is 2. The van der Waals surface area contributed by atoms with E-state index in [1.54, 1.807) is 18.2 Å². The number of nitrogens with one attached hydrogen (secondary N) is 1. The van der Waals surface area contributed by atoms with E-state index in [9.17, 15) is 19.5 Å². The predicted octanol–water partition coefficient (Wildman–Crippen LogP) is 2.87. The first kappa shape index (κ1) is 18.7. The topological polar surface area (TPSA) is 159 Å². The molecule has 0 spiro atoms. The van der Waals surface area contributed by atoms with Crippen LogP contribution in [-0.2, 0) is 14.3 Å². The highest BCUT2D eigenvalue weighted by Gasteiger charge is 2.45. The summed E-state index contributed by atoms with van der Waals surface area (Å²) in [5, 5.41) is 27.1. The molecule has 25 heavy (non-hydrogen) atoms. The van der Waals surface area contributed by atoms with Gasteiger partial charge in [-0.2, -0.15) is 0 Å². The van der Waals surface area contributed by atoms with E-state index in [1.165, 1.54) is 0 Å². The highest BCUT2D eigenvalue weighted by Crippen LogP contribution is 2.37. The van der Waals surface area contributed by atoms with Crippen LogP contribution in [0.2, 0.25) is 5.02 Å². The minimum atomic E-state index is -2.36. The van der Waals surface area contributed by atoms with Gasteiger partial charge in [0.1, 0.15) is 12.1 Å². The average Bonchev–Trinajstić information content (AvgIpc) is 2.89. The van der Waals surface area contributed by atoms with Gasteiger partial charge in [-0.3, -0.25) is 0 Å². The van der Waals surface area contributed by atoms with Crippen LogP contribution in [0.25, 0.3) is 11.0 Å². The van der Waals surface area contributed by atoms with Crippen LogP contribution < -0.4 is 0 Å². The number of nitrogens with zero attached hydrogens (tertiary/aromatic N) is 1. The quantitative estimate of drug-likeness (QED) is 0.314. The Labute approximate surface area is 148 Å². The summed E-state index contributed by atoms with van der Waals surface area (Å²) in [7, 11) is 0. The van der Waals surface area contributed by atoms with Crippen molar-refractivity contribution in [1.82, 2.24) is 9.97 Å². The summed E-state index contributed by atoms with van der Waals surface area (Å²) in [6.07, 6.45) is -4.05. The van der Waals surface area contributed by atoms with Crippen LogP contribution >= 0.6 is 23.4 Å². The number of fused-ring (bicyclic) bond motifs is 1. The van der Waals surface area contributed by atoms with E-state index in [0.29, 0.717) is 27.8 Å². The second-order valence-corrected chi connectivity index (χ2v) is 6.23. The van der Waals surface area contributed by atoms with Crippen LogP contribution in [0.5, 0.6) is 0 Å². The molecule has 134 valence electrons. The molecule has 0 saturated heterocycles. The fourth-order valence-electron chi connectivity index (χ4n) is 1.91. The number of carboxylic acid groups (broad SMARTS) is 3. The molecule has 0 aliphatic heterocycles. The van der Waals surface area contributed by atoms with Gasteiger partial charge in [-0.05, 0) is 23.9 Å². The minimum Gasteiger partial charge on any atom is -0.478 e. The number of imidazole rings is 1. The van der Waals surface area contributed by atoms with Crippen molar-refractivity contribution in [3.63, 3.8) is 0 Å². The summed E-state index contributed by atoms with van der Waals surface area (Å²) in [6, 6.07) is 4.88. The third-order valence-electron chi connectivity index (χ3n) is 2.94. The molecule has 0 bridgehead atoms. The second kappa shape index (κ2) is 7.49. The van der Waals surface area contributed by atoms with Crippen LogP contribution in [-0.4, -0.2) is 55.1 Å². The van der Waals surface area contributed by atoms with E-state index in [-0.39, 0.29) is 5.16 Å². The zero-order valence-electron chi connectivity index (χ0n) is 12.3. The minimum absolute atomic E-state index is 0.0297. The van der Waals surface area contributed by atoms with Crippen LogP contribution in [0, 0.1) is 0 Å². The Morgan fingerprint density at radius 1 is 1.24 bits per heavy atom. The predicted molar refractivity (Wildman–Crippen MR) is 85.0 cm³/mol. The molecule has 0 fully saturated rings. The summed E-state index contributed by atoms with van der Waals surface area (Å²) in [4.78, 5) is 37.5. The molecular formula is C13H11ClN2O8S. The number of rotatable bonds is 7. The highest BCUT2D eigenvalue weighted by atomic mass is 35.5. The number of halogens is 1. The third kappa shape index (κ3) is 4.45. The number of H-pyrrole nitrogens is 1. The molecule has 0 aliphatic rings. The number of benzene rings is 1. The Kier molecular flexibility index (Phi) is 5.59. The first-order chi connectivity index (χ1) is 11.7. The maximum absolute atomic E-state index is 11.6. The molecule has 1 aromatic heterocycles. The van der Waals surface area contributed by atoms with Crippen molar-refractivity contribution >= 4 is 52.7 Å². The van der Waals surface area contributed by atoms with Crippen LogP contribution in [0.3, 0.4) is 0 Å². The first-order valence-corrected chi connectivity index (χ1v) is 7.77. The SMILES string of the molecule is O=C(O)OCCC(OC(=O)O)(Sc1nc2c(Cl)cccc2[nH]1)C(=O)O. The van der Waals surface area contributed by atoms with Crippen molar-refractivity contribution in [1.29, 1.82) is 0 Å². The Bertz CT molecular complexity index is 825. The number of carboxylic acids is 1. The van der Waals surface area contributed by atoms with Gasteiger partial charge in [-0.25, -0.2) is 19.4 Å². The highest BCUT2D eigenvalue weighted by molar-refractivity contribution is 8.01. The molecule has 0 amide bonds. The Hall–Kier alpha value is -2.66. The molecule has 0 saturated carbocycles. The Balaban J connectivity index is 2.34. The fraction of sp³-hybridized carbons (Fsp3) is 0.231. The molecule has 0 radical (unpaired) electrons. The van der Waals surface area contributed by atoms with Crippen molar-refractivity contribution in [2.24, 2.45) is 0 Å². The van der Waals surface area contributed by atoms with Gasteiger partial charge < -0.3 is 29.8 Å². The van der Waals surface area contributed by atoms with E-state index >= 15 is 0 Å². The number of hydrogen-bond donors (Lipinski definition) is 4. The lowest BCUT2D eigenvalue weighted by Gasteiger charge is -2.25. The molecular weight excluding hydrogens is 380 g/mol. The smallest absolute Gasteiger partial charge is 0.478 e. The first-order valence-electron chi connectivity index (χ1n) is 6.58. The fourth-order valence-corrected chi connectivity index (χ4v) is 3.12. The Morgan fingerprint density at radius 2 is 1.96 bits per heavy atom. The van der Waals surface area contributed by atoms with E-state index in [4.69, 9.17) is 21.8 Å². The van der Waals surface area contributed by atoms with Gasteiger partial charge >= 0.3 is 18.3 Å². The molecule has 2 rings (SSSR count). The van der Waals surface area contributed by atoms with Crippen LogP contribution in [0.1, 0.15) is 6.42 Å². The summed E-state index contributed by atoms with van der Waals surface area (Å²) >= 11 is 6.45. The van der Waals surface area contributed by atoms with Crippen molar-refractivity contribution in [3.05, 3.63) is 23.2 Å². The number of ether oxygens (including phenoxy) is 2. The molecule has 1 heterocycles. The number of para-hydroxylation sites is 1. The molecule has 1 unspecified atom stereocenters.